The number of nitrogens with one attached hydrogen (secondary N) is 1. The summed E-state index contributed by atoms with van der Waals surface area (Å²) in [6.45, 7) is 4.46. The molecule has 3 heterocycles. The normalized spacial score (nSPS) is 21.5. The Kier molecular flexibility index (Phi) is 2.25. The fourth-order valence-electron chi connectivity index (χ4n) is 2.35. The lowest BCUT2D eigenvalue weighted by Gasteiger charge is -2.07. The van der Waals surface area contributed by atoms with Gasteiger partial charge in [0.25, 0.3) is 0 Å². The van der Waals surface area contributed by atoms with Crippen molar-refractivity contribution < 1.29 is 0 Å². The molecule has 15 heavy (non-hydrogen) atoms. The highest BCUT2D eigenvalue weighted by Crippen LogP contribution is 2.21. The Balaban J connectivity index is 1.94. The number of hydrogen-bond acceptors (Lipinski definition) is 3. The van der Waals surface area contributed by atoms with E-state index >= 15 is 0 Å². The van der Waals surface area contributed by atoms with Gasteiger partial charge in [-0.2, -0.15) is 0 Å². The number of aromatic nitrogens is 2. The molecule has 0 aromatic carbocycles. The molecule has 1 fully saturated rings. The topological polar surface area (TPSA) is 29.3 Å². The zero-order valence-corrected chi connectivity index (χ0v) is 9.68. The Morgan fingerprint density at radius 1 is 1.67 bits per heavy atom. The monoisotopic (exact) mass is 221 g/mol. The molecule has 0 aliphatic carbocycles. The summed E-state index contributed by atoms with van der Waals surface area (Å²) in [6, 6.07) is 0. The van der Waals surface area contributed by atoms with Crippen molar-refractivity contribution in [1.29, 1.82) is 0 Å². The van der Waals surface area contributed by atoms with Crippen LogP contribution in [0.15, 0.2) is 11.6 Å². The van der Waals surface area contributed by atoms with Crippen LogP contribution in [0.4, 0.5) is 0 Å². The van der Waals surface area contributed by atoms with Crippen LogP contribution in [0.2, 0.25) is 0 Å². The molecule has 1 aliphatic rings. The first-order valence-electron chi connectivity index (χ1n) is 5.46. The molecule has 1 atom stereocenters. The minimum absolute atomic E-state index is 0.795. The molecule has 1 saturated heterocycles. The Bertz CT molecular complexity index is 465. The second kappa shape index (κ2) is 3.61. The molecule has 0 saturated carbocycles. The van der Waals surface area contributed by atoms with Crippen LogP contribution in [0.1, 0.15) is 17.8 Å². The summed E-state index contributed by atoms with van der Waals surface area (Å²) >= 11 is 1.72. The standard InChI is InChI=1S/C11H15N3S/c1-8-10(6-9-2-3-12-7-9)14-4-5-15-11(14)13-8/h4-5,9,12H,2-3,6-7H2,1H3. The molecule has 3 nitrogen and oxygen atoms in total. The van der Waals surface area contributed by atoms with Gasteiger partial charge in [0.1, 0.15) is 0 Å². The summed E-state index contributed by atoms with van der Waals surface area (Å²) in [5, 5.41) is 5.53. The van der Waals surface area contributed by atoms with Gasteiger partial charge in [0.15, 0.2) is 4.96 Å². The molecule has 1 unspecified atom stereocenters. The second-order valence-electron chi connectivity index (χ2n) is 4.26. The van der Waals surface area contributed by atoms with E-state index in [0.717, 1.165) is 23.8 Å². The van der Waals surface area contributed by atoms with Crippen LogP contribution in [-0.2, 0) is 6.42 Å². The van der Waals surface area contributed by atoms with E-state index in [0.29, 0.717) is 0 Å². The average molecular weight is 221 g/mol. The van der Waals surface area contributed by atoms with Gasteiger partial charge in [0.2, 0.25) is 0 Å². The van der Waals surface area contributed by atoms with Gasteiger partial charge in [-0.25, -0.2) is 4.98 Å². The van der Waals surface area contributed by atoms with Crippen LogP contribution in [-0.4, -0.2) is 22.5 Å². The SMILES string of the molecule is Cc1nc2sccn2c1CC1CCNC1. The average Bonchev–Trinajstić information content (AvgIpc) is 2.86. The third-order valence-electron chi connectivity index (χ3n) is 3.21. The molecule has 1 N–H and O–H groups in total. The first kappa shape index (κ1) is 9.36. The zero-order valence-electron chi connectivity index (χ0n) is 8.86. The first-order valence-corrected chi connectivity index (χ1v) is 6.34. The molecule has 2 aromatic rings. The summed E-state index contributed by atoms with van der Waals surface area (Å²) < 4.78 is 2.25. The van der Waals surface area contributed by atoms with Crippen LogP contribution in [0.3, 0.4) is 0 Å². The molecule has 1 aliphatic heterocycles. The third-order valence-corrected chi connectivity index (χ3v) is 3.96. The van der Waals surface area contributed by atoms with Gasteiger partial charge in [-0.05, 0) is 38.8 Å². The van der Waals surface area contributed by atoms with Crippen LogP contribution >= 0.6 is 11.3 Å². The largest absolute Gasteiger partial charge is 0.316 e. The lowest BCUT2D eigenvalue weighted by Crippen LogP contribution is -2.12. The summed E-state index contributed by atoms with van der Waals surface area (Å²) in [6.07, 6.45) is 4.60. The molecule has 80 valence electrons. The zero-order chi connectivity index (χ0) is 10.3. The Morgan fingerprint density at radius 2 is 2.60 bits per heavy atom. The van der Waals surface area contributed by atoms with Gasteiger partial charge in [0, 0.05) is 17.3 Å². The van der Waals surface area contributed by atoms with E-state index in [1.54, 1.807) is 11.3 Å². The molecule has 2 aromatic heterocycles. The quantitative estimate of drug-likeness (QED) is 0.838. The Labute approximate surface area is 93.1 Å². The number of imidazole rings is 1. The van der Waals surface area contributed by atoms with Crippen molar-refractivity contribution in [2.45, 2.75) is 19.8 Å². The van der Waals surface area contributed by atoms with E-state index in [1.807, 2.05) is 0 Å². The number of rotatable bonds is 2. The van der Waals surface area contributed by atoms with Crippen molar-refractivity contribution in [1.82, 2.24) is 14.7 Å². The van der Waals surface area contributed by atoms with Gasteiger partial charge >= 0.3 is 0 Å². The number of hydrogen-bond donors (Lipinski definition) is 1. The summed E-state index contributed by atoms with van der Waals surface area (Å²) in [7, 11) is 0. The number of fused-ring (bicyclic) bond motifs is 1. The molecule has 0 bridgehead atoms. The van der Waals surface area contributed by atoms with E-state index in [9.17, 15) is 0 Å². The summed E-state index contributed by atoms with van der Waals surface area (Å²) in [5.74, 6) is 0.795. The third kappa shape index (κ3) is 1.58. The Hall–Kier alpha value is -0.870. The van der Waals surface area contributed by atoms with Crippen LogP contribution < -0.4 is 5.32 Å². The van der Waals surface area contributed by atoms with Crippen LogP contribution in [0.5, 0.6) is 0 Å². The van der Waals surface area contributed by atoms with Gasteiger partial charge in [-0.15, -0.1) is 11.3 Å². The summed E-state index contributed by atoms with van der Waals surface area (Å²) in [5.41, 5.74) is 2.61. The van der Waals surface area contributed by atoms with Gasteiger partial charge < -0.3 is 5.32 Å². The predicted molar refractivity (Wildman–Crippen MR) is 62.5 cm³/mol. The highest BCUT2D eigenvalue weighted by molar-refractivity contribution is 7.15. The predicted octanol–water partition coefficient (Wildman–Crippen LogP) is 1.86. The Morgan fingerprint density at radius 3 is 3.40 bits per heavy atom. The van der Waals surface area contributed by atoms with E-state index < -0.39 is 0 Å². The number of aryl methyl sites for hydroxylation is 1. The van der Waals surface area contributed by atoms with Gasteiger partial charge in [-0.1, -0.05) is 0 Å². The lowest BCUT2D eigenvalue weighted by molar-refractivity contribution is 0.568. The maximum absolute atomic E-state index is 4.58. The molecule has 4 heteroatoms. The number of nitrogens with zero attached hydrogens (tertiary/aromatic N) is 2. The molecule has 0 amide bonds. The van der Waals surface area contributed by atoms with Crippen molar-refractivity contribution >= 4 is 16.3 Å². The maximum Gasteiger partial charge on any atom is 0.194 e. The fourth-order valence-corrected chi connectivity index (χ4v) is 3.13. The molecular formula is C11H15N3S. The van der Waals surface area contributed by atoms with Crippen molar-refractivity contribution in [3.63, 3.8) is 0 Å². The molecule has 0 spiro atoms. The smallest absolute Gasteiger partial charge is 0.194 e. The van der Waals surface area contributed by atoms with Crippen molar-refractivity contribution in [3.8, 4) is 0 Å². The molecule has 0 radical (unpaired) electrons. The lowest BCUT2D eigenvalue weighted by atomic mass is 10.0. The molecular weight excluding hydrogens is 206 g/mol. The maximum atomic E-state index is 4.58. The van der Waals surface area contributed by atoms with Crippen LogP contribution in [0, 0.1) is 12.8 Å². The summed E-state index contributed by atoms with van der Waals surface area (Å²) in [4.78, 5) is 5.71. The number of thiazole rings is 1. The fraction of sp³-hybridized carbons (Fsp3) is 0.545. The van der Waals surface area contributed by atoms with E-state index in [-0.39, 0.29) is 0 Å². The van der Waals surface area contributed by atoms with Crippen LogP contribution in [0.25, 0.3) is 4.96 Å². The van der Waals surface area contributed by atoms with E-state index in [1.165, 1.54) is 24.4 Å². The van der Waals surface area contributed by atoms with Crippen molar-refractivity contribution in [2.24, 2.45) is 5.92 Å². The highest BCUT2D eigenvalue weighted by Gasteiger charge is 2.18. The van der Waals surface area contributed by atoms with Gasteiger partial charge in [-0.3, -0.25) is 4.40 Å². The molecule has 3 rings (SSSR count). The minimum Gasteiger partial charge on any atom is -0.316 e. The van der Waals surface area contributed by atoms with Crippen molar-refractivity contribution in [2.75, 3.05) is 13.1 Å². The minimum atomic E-state index is 0.795. The highest BCUT2D eigenvalue weighted by atomic mass is 32.1. The van der Waals surface area contributed by atoms with E-state index in [4.69, 9.17) is 0 Å². The second-order valence-corrected chi connectivity index (χ2v) is 5.14. The van der Waals surface area contributed by atoms with Crippen molar-refractivity contribution in [3.05, 3.63) is 23.0 Å². The van der Waals surface area contributed by atoms with E-state index in [2.05, 4.69) is 33.2 Å². The first-order chi connectivity index (χ1) is 7.34. The van der Waals surface area contributed by atoms with Gasteiger partial charge in [0.05, 0.1) is 5.69 Å².